The molecule has 0 fully saturated rings. The van der Waals surface area contributed by atoms with Crippen molar-refractivity contribution in [3.63, 3.8) is 0 Å². The van der Waals surface area contributed by atoms with Crippen molar-refractivity contribution in [2.45, 2.75) is 13.0 Å². The summed E-state index contributed by atoms with van der Waals surface area (Å²) < 4.78 is 5.17. The van der Waals surface area contributed by atoms with E-state index in [9.17, 15) is 14.7 Å². The van der Waals surface area contributed by atoms with Gasteiger partial charge in [-0.1, -0.05) is 0 Å². The average molecular weight is 429 g/mol. The quantitative estimate of drug-likeness (QED) is 0.449. The van der Waals surface area contributed by atoms with Crippen LogP contribution in [0.15, 0.2) is 29.0 Å². The molecule has 0 aliphatic rings. The van der Waals surface area contributed by atoms with E-state index < -0.39 is 18.5 Å². The molecule has 10 heteroatoms. The van der Waals surface area contributed by atoms with Crippen LogP contribution in [-0.2, 0) is 17.8 Å². The van der Waals surface area contributed by atoms with E-state index in [2.05, 4.69) is 21.7 Å². The standard InChI is InChI=1S/C17H16N2O5S2.ClH/c20-13(21)8-24-14-12-2-1-11(19-16(12)26-15(14)17(22)23)7-18-5-3-10-4-6-25-9-10;/h1-2,4,6,9,18H,3,5,7-8H2,(H,20,21)(H,22,23);1H. The van der Waals surface area contributed by atoms with Crippen LogP contribution >= 0.6 is 35.1 Å². The molecule has 3 aromatic heterocycles. The summed E-state index contributed by atoms with van der Waals surface area (Å²) in [6.07, 6.45) is 0.932. The van der Waals surface area contributed by atoms with Crippen molar-refractivity contribution >= 4 is 57.2 Å². The van der Waals surface area contributed by atoms with Crippen LogP contribution in [0, 0.1) is 0 Å². The molecule has 0 aliphatic heterocycles. The van der Waals surface area contributed by atoms with Crippen LogP contribution in [0.1, 0.15) is 20.9 Å². The van der Waals surface area contributed by atoms with Crippen molar-refractivity contribution in [2.75, 3.05) is 13.2 Å². The molecule has 0 radical (unpaired) electrons. The fraction of sp³-hybridized carbons (Fsp3) is 0.235. The van der Waals surface area contributed by atoms with E-state index >= 15 is 0 Å². The third kappa shape index (κ3) is 5.39. The first-order chi connectivity index (χ1) is 12.5. The first kappa shape index (κ1) is 21.1. The molecular formula is C17H17ClN2O5S2. The topological polar surface area (TPSA) is 109 Å². The number of nitrogens with zero attached hydrogens (tertiary/aromatic N) is 1. The molecule has 144 valence electrons. The van der Waals surface area contributed by atoms with Crippen LogP contribution in [-0.4, -0.2) is 40.3 Å². The average Bonchev–Trinajstić information content (AvgIpc) is 3.24. The van der Waals surface area contributed by atoms with Crippen molar-refractivity contribution in [1.29, 1.82) is 0 Å². The molecule has 3 N–H and O–H groups in total. The molecule has 0 saturated heterocycles. The number of hydrogen-bond donors (Lipinski definition) is 3. The molecule has 0 aromatic carbocycles. The molecule has 0 atom stereocenters. The number of fused-ring (bicyclic) bond motifs is 1. The summed E-state index contributed by atoms with van der Waals surface area (Å²) >= 11 is 2.65. The highest BCUT2D eigenvalue weighted by molar-refractivity contribution is 7.20. The second kappa shape index (κ2) is 9.65. The summed E-state index contributed by atoms with van der Waals surface area (Å²) in [5, 5.41) is 26.0. The number of halogens is 1. The van der Waals surface area contributed by atoms with Gasteiger partial charge in [-0.2, -0.15) is 11.3 Å². The number of ether oxygens (including phenoxy) is 1. The number of nitrogens with one attached hydrogen (secondary N) is 1. The summed E-state index contributed by atoms with van der Waals surface area (Å²) in [7, 11) is 0. The molecule has 3 heterocycles. The van der Waals surface area contributed by atoms with Gasteiger partial charge in [0.1, 0.15) is 4.83 Å². The number of pyridine rings is 1. The highest BCUT2D eigenvalue weighted by Gasteiger charge is 2.21. The number of hydrogen-bond acceptors (Lipinski definition) is 7. The molecule has 3 rings (SSSR count). The van der Waals surface area contributed by atoms with Crippen molar-refractivity contribution in [3.05, 3.63) is 45.1 Å². The zero-order chi connectivity index (χ0) is 18.5. The van der Waals surface area contributed by atoms with Gasteiger partial charge in [0.15, 0.2) is 17.2 Å². The number of aromatic nitrogens is 1. The van der Waals surface area contributed by atoms with Crippen LogP contribution in [0.5, 0.6) is 5.75 Å². The Morgan fingerprint density at radius 2 is 2.04 bits per heavy atom. The van der Waals surface area contributed by atoms with Gasteiger partial charge in [-0.05, 0) is 47.5 Å². The number of aliphatic carboxylic acids is 1. The number of thiophene rings is 2. The van der Waals surface area contributed by atoms with E-state index in [-0.39, 0.29) is 23.0 Å². The van der Waals surface area contributed by atoms with Crippen molar-refractivity contribution < 1.29 is 24.5 Å². The van der Waals surface area contributed by atoms with Crippen LogP contribution in [0.2, 0.25) is 0 Å². The number of carboxylic acids is 2. The monoisotopic (exact) mass is 428 g/mol. The maximum absolute atomic E-state index is 11.4. The fourth-order valence-electron chi connectivity index (χ4n) is 2.40. The van der Waals surface area contributed by atoms with Crippen LogP contribution in [0.25, 0.3) is 10.2 Å². The van der Waals surface area contributed by atoms with Gasteiger partial charge in [0, 0.05) is 6.54 Å². The number of aromatic carboxylic acids is 1. The Morgan fingerprint density at radius 1 is 1.22 bits per heavy atom. The van der Waals surface area contributed by atoms with Gasteiger partial charge in [-0.3, -0.25) is 0 Å². The lowest BCUT2D eigenvalue weighted by Gasteiger charge is -2.05. The molecule has 27 heavy (non-hydrogen) atoms. The summed E-state index contributed by atoms with van der Waals surface area (Å²) in [6, 6.07) is 5.60. The second-order valence-electron chi connectivity index (χ2n) is 5.46. The van der Waals surface area contributed by atoms with Crippen molar-refractivity contribution in [3.8, 4) is 5.75 Å². The molecule has 0 spiro atoms. The lowest BCUT2D eigenvalue weighted by Crippen LogP contribution is -2.17. The Hall–Kier alpha value is -2.20. The predicted octanol–water partition coefficient (Wildman–Crippen LogP) is 3.27. The SMILES string of the molecule is Cl.O=C(O)COc1c(C(=O)O)sc2nc(CNCCc3ccsc3)ccc12. The smallest absolute Gasteiger partial charge is 0.349 e. The molecule has 3 aromatic rings. The minimum atomic E-state index is -1.17. The Labute approximate surface area is 169 Å². The van der Waals surface area contributed by atoms with Crippen molar-refractivity contribution in [2.24, 2.45) is 0 Å². The first-order valence-corrected chi connectivity index (χ1v) is 9.52. The Kier molecular flexibility index (Phi) is 7.55. The van der Waals surface area contributed by atoms with Crippen LogP contribution in [0.3, 0.4) is 0 Å². The zero-order valence-electron chi connectivity index (χ0n) is 14.0. The third-order valence-electron chi connectivity index (χ3n) is 3.58. The normalized spacial score (nSPS) is 10.5. The van der Waals surface area contributed by atoms with E-state index in [4.69, 9.17) is 9.84 Å². The number of carbonyl (C=O) groups is 2. The highest BCUT2D eigenvalue weighted by atomic mass is 35.5. The van der Waals surface area contributed by atoms with Gasteiger partial charge in [0.2, 0.25) is 0 Å². The molecule has 0 unspecified atom stereocenters. The highest BCUT2D eigenvalue weighted by Crippen LogP contribution is 2.37. The van der Waals surface area contributed by atoms with E-state index in [1.54, 1.807) is 23.5 Å². The fourth-order valence-corrected chi connectivity index (χ4v) is 4.07. The van der Waals surface area contributed by atoms with Gasteiger partial charge in [0.05, 0.1) is 11.1 Å². The maximum Gasteiger partial charge on any atom is 0.349 e. The minimum absolute atomic E-state index is 0. The molecule has 0 aliphatic carbocycles. The minimum Gasteiger partial charge on any atom is -0.479 e. The van der Waals surface area contributed by atoms with E-state index in [1.165, 1.54) is 5.56 Å². The summed E-state index contributed by atoms with van der Waals surface area (Å²) in [4.78, 5) is 27.0. The molecule has 0 amide bonds. The molecular weight excluding hydrogens is 412 g/mol. The van der Waals surface area contributed by atoms with Gasteiger partial charge in [0.25, 0.3) is 0 Å². The lowest BCUT2D eigenvalue weighted by atomic mass is 10.2. The summed E-state index contributed by atoms with van der Waals surface area (Å²) in [5.41, 5.74) is 2.07. The van der Waals surface area contributed by atoms with E-state index in [0.29, 0.717) is 16.8 Å². The van der Waals surface area contributed by atoms with E-state index in [1.807, 2.05) is 5.38 Å². The largest absolute Gasteiger partial charge is 0.479 e. The van der Waals surface area contributed by atoms with Gasteiger partial charge >= 0.3 is 11.9 Å². The second-order valence-corrected chi connectivity index (χ2v) is 7.24. The van der Waals surface area contributed by atoms with Gasteiger partial charge in [-0.25, -0.2) is 14.6 Å². The van der Waals surface area contributed by atoms with Crippen LogP contribution in [0.4, 0.5) is 0 Å². The number of carboxylic acid groups (broad SMARTS) is 2. The predicted molar refractivity (Wildman–Crippen MR) is 107 cm³/mol. The lowest BCUT2D eigenvalue weighted by molar-refractivity contribution is -0.139. The number of rotatable bonds is 9. The van der Waals surface area contributed by atoms with Crippen LogP contribution < -0.4 is 10.1 Å². The Morgan fingerprint density at radius 3 is 2.70 bits per heavy atom. The molecule has 0 saturated carbocycles. The summed E-state index contributed by atoms with van der Waals surface area (Å²) in [6.45, 7) is 0.776. The summed E-state index contributed by atoms with van der Waals surface area (Å²) in [5.74, 6) is -2.27. The first-order valence-electron chi connectivity index (χ1n) is 7.76. The van der Waals surface area contributed by atoms with E-state index in [0.717, 1.165) is 30.0 Å². The van der Waals surface area contributed by atoms with Gasteiger partial charge < -0.3 is 20.3 Å². The Balaban J connectivity index is 0.00000261. The maximum atomic E-state index is 11.4. The third-order valence-corrected chi connectivity index (χ3v) is 5.38. The van der Waals surface area contributed by atoms with Gasteiger partial charge in [-0.15, -0.1) is 23.7 Å². The molecule has 7 nitrogen and oxygen atoms in total. The zero-order valence-corrected chi connectivity index (χ0v) is 16.5. The Bertz CT molecular complexity index is 927. The molecule has 0 bridgehead atoms. The van der Waals surface area contributed by atoms with Crippen molar-refractivity contribution in [1.82, 2.24) is 10.3 Å².